The van der Waals surface area contributed by atoms with Gasteiger partial charge in [0.15, 0.2) is 0 Å². The van der Waals surface area contributed by atoms with Crippen molar-refractivity contribution in [2.45, 2.75) is 25.8 Å². The first-order chi connectivity index (χ1) is 18.9. The lowest BCUT2D eigenvalue weighted by Gasteiger charge is -2.21. The Morgan fingerprint density at radius 1 is 1.08 bits per heavy atom. The zero-order chi connectivity index (χ0) is 27.2. The monoisotopic (exact) mass is 548 g/mol. The molecule has 1 saturated heterocycles. The van der Waals surface area contributed by atoms with Gasteiger partial charge in [-0.15, -0.1) is 0 Å². The molecule has 3 heterocycles. The molecule has 0 atom stereocenters. The molecule has 1 N–H and O–H groups in total. The van der Waals surface area contributed by atoms with Crippen molar-refractivity contribution < 1.29 is 18.7 Å². The fourth-order valence-corrected chi connectivity index (χ4v) is 4.45. The standard InChI is InChI=1S/C29H26ClFN4O4/c30-22-6-4-19(5-7-22)18-35-28(37)21(16-25(36)20-12-14-38-15-13-20)17-32-29(35)33-23-8-10-24(11-9-23)39-27-3-1-2-26(31)34-27/h1-11,17,20H,12-16,18H2,(H,32,33). The minimum Gasteiger partial charge on any atom is -0.439 e. The molecule has 0 aliphatic carbocycles. The molecule has 0 spiro atoms. The third-order valence-electron chi connectivity index (χ3n) is 6.44. The highest BCUT2D eigenvalue weighted by molar-refractivity contribution is 6.30. The first-order valence-corrected chi connectivity index (χ1v) is 12.9. The van der Waals surface area contributed by atoms with Crippen LogP contribution in [0.3, 0.4) is 0 Å². The molecule has 200 valence electrons. The number of aromatic nitrogens is 3. The van der Waals surface area contributed by atoms with Crippen molar-refractivity contribution in [1.29, 1.82) is 0 Å². The van der Waals surface area contributed by atoms with Gasteiger partial charge in [0, 0.05) is 54.1 Å². The molecule has 4 aromatic rings. The third-order valence-corrected chi connectivity index (χ3v) is 6.69. The van der Waals surface area contributed by atoms with Crippen LogP contribution in [0.15, 0.2) is 77.7 Å². The van der Waals surface area contributed by atoms with E-state index in [0.29, 0.717) is 54.0 Å². The number of benzene rings is 2. The first-order valence-electron chi connectivity index (χ1n) is 12.6. The molecule has 8 nitrogen and oxygen atoms in total. The molecule has 1 aliphatic rings. The minimum atomic E-state index is -0.631. The summed E-state index contributed by atoms with van der Waals surface area (Å²) >= 11 is 6.04. The number of carbonyl (C=O) groups is 1. The second-order valence-electron chi connectivity index (χ2n) is 9.20. The van der Waals surface area contributed by atoms with Crippen LogP contribution in [0.25, 0.3) is 0 Å². The highest BCUT2D eigenvalue weighted by Gasteiger charge is 2.23. The van der Waals surface area contributed by atoms with Crippen molar-refractivity contribution in [2.75, 3.05) is 18.5 Å². The number of nitrogens with one attached hydrogen (secondary N) is 1. The number of ketones is 1. The van der Waals surface area contributed by atoms with E-state index in [0.717, 1.165) is 5.56 Å². The second kappa shape index (κ2) is 12.2. The molecule has 39 heavy (non-hydrogen) atoms. The highest BCUT2D eigenvalue weighted by Crippen LogP contribution is 2.24. The maximum Gasteiger partial charge on any atom is 0.258 e. The Labute approximate surface area is 229 Å². The van der Waals surface area contributed by atoms with Crippen molar-refractivity contribution >= 4 is 29.0 Å². The van der Waals surface area contributed by atoms with Crippen LogP contribution in [0.2, 0.25) is 5.02 Å². The van der Waals surface area contributed by atoms with E-state index in [2.05, 4.69) is 15.3 Å². The molecule has 0 unspecified atom stereocenters. The van der Waals surface area contributed by atoms with E-state index in [-0.39, 0.29) is 36.1 Å². The number of nitrogens with zero attached hydrogens (tertiary/aromatic N) is 3. The molecular formula is C29H26ClFN4O4. The van der Waals surface area contributed by atoms with Crippen LogP contribution in [0.4, 0.5) is 16.0 Å². The van der Waals surface area contributed by atoms with Crippen molar-refractivity contribution in [2.24, 2.45) is 5.92 Å². The molecule has 5 rings (SSSR count). The van der Waals surface area contributed by atoms with Gasteiger partial charge in [-0.3, -0.25) is 14.2 Å². The quantitative estimate of drug-likeness (QED) is 0.274. The summed E-state index contributed by atoms with van der Waals surface area (Å²) in [6.45, 7) is 1.35. The summed E-state index contributed by atoms with van der Waals surface area (Å²) in [6.07, 6.45) is 2.82. The second-order valence-corrected chi connectivity index (χ2v) is 9.64. The Morgan fingerprint density at radius 3 is 2.54 bits per heavy atom. The van der Waals surface area contributed by atoms with E-state index in [9.17, 15) is 14.0 Å². The maximum absolute atomic E-state index is 13.6. The number of ether oxygens (including phenoxy) is 2. The van der Waals surface area contributed by atoms with Crippen LogP contribution >= 0.6 is 11.6 Å². The van der Waals surface area contributed by atoms with Crippen molar-refractivity contribution in [1.82, 2.24) is 14.5 Å². The predicted octanol–water partition coefficient (Wildman–Crippen LogP) is 5.55. The van der Waals surface area contributed by atoms with Gasteiger partial charge in [-0.1, -0.05) is 29.8 Å². The Balaban J connectivity index is 1.38. The normalized spacial score (nSPS) is 13.7. The Hall–Kier alpha value is -4.08. The van der Waals surface area contributed by atoms with Crippen LogP contribution in [0.5, 0.6) is 11.6 Å². The van der Waals surface area contributed by atoms with Crippen LogP contribution < -0.4 is 15.6 Å². The van der Waals surface area contributed by atoms with Gasteiger partial charge in [0.25, 0.3) is 5.56 Å². The van der Waals surface area contributed by atoms with E-state index < -0.39 is 5.95 Å². The number of hydrogen-bond donors (Lipinski definition) is 1. The van der Waals surface area contributed by atoms with Gasteiger partial charge in [-0.05, 0) is 60.9 Å². The van der Waals surface area contributed by atoms with Gasteiger partial charge < -0.3 is 14.8 Å². The molecule has 2 aromatic heterocycles. The van der Waals surface area contributed by atoms with Crippen molar-refractivity contribution in [3.63, 3.8) is 0 Å². The molecule has 1 aliphatic heterocycles. The van der Waals surface area contributed by atoms with Gasteiger partial charge in [0.05, 0.1) is 6.54 Å². The molecule has 0 amide bonds. The number of Topliss-reactive ketones (excluding diaryl/α,β-unsaturated/α-hetero) is 1. The molecule has 2 aromatic carbocycles. The van der Waals surface area contributed by atoms with E-state index in [4.69, 9.17) is 21.1 Å². The third kappa shape index (κ3) is 6.87. The summed E-state index contributed by atoms with van der Waals surface area (Å²) < 4.78 is 25.8. The predicted molar refractivity (Wildman–Crippen MR) is 145 cm³/mol. The van der Waals surface area contributed by atoms with E-state index >= 15 is 0 Å². The summed E-state index contributed by atoms with van der Waals surface area (Å²) in [5.41, 5.74) is 1.56. The van der Waals surface area contributed by atoms with E-state index in [1.165, 1.54) is 22.9 Å². The SMILES string of the molecule is O=C(Cc1cnc(Nc2ccc(Oc3cccc(F)n3)cc2)n(Cc2ccc(Cl)cc2)c1=O)C1CCOCC1. The Bertz CT molecular complexity index is 1500. The lowest BCUT2D eigenvalue weighted by atomic mass is 9.92. The number of pyridine rings is 1. The Morgan fingerprint density at radius 2 is 1.82 bits per heavy atom. The maximum atomic E-state index is 13.6. The fraction of sp³-hybridized carbons (Fsp3) is 0.241. The molecule has 0 saturated carbocycles. The minimum absolute atomic E-state index is 0.0253. The molecule has 0 bridgehead atoms. The summed E-state index contributed by atoms with van der Waals surface area (Å²) in [6, 6.07) is 18.4. The summed E-state index contributed by atoms with van der Waals surface area (Å²) in [7, 11) is 0. The number of halogens is 2. The van der Waals surface area contributed by atoms with Crippen LogP contribution in [0.1, 0.15) is 24.0 Å². The summed E-state index contributed by atoms with van der Waals surface area (Å²) in [4.78, 5) is 34.7. The molecule has 1 fully saturated rings. The molecular weight excluding hydrogens is 523 g/mol. The summed E-state index contributed by atoms with van der Waals surface area (Å²) in [5, 5.41) is 3.77. The number of rotatable bonds is 9. The topological polar surface area (TPSA) is 95.3 Å². The molecule has 10 heteroatoms. The average Bonchev–Trinajstić information content (AvgIpc) is 2.95. The lowest BCUT2D eigenvalue weighted by molar-refractivity contribution is -0.125. The van der Waals surface area contributed by atoms with Gasteiger partial charge in [0.2, 0.25) is 17.8 Å². The zero-order valence-corrected chi connectivity index (χ0v) is 21.7. The highest BCUT2D eigenvalue weighted by atomic mass is 35.5. The number of anilines is 2. The first kappa shape index (κ1) is 26.5. The van der Waals surface area contributed by atoms with Gasteiger partial charge in [0.1, 0.15) is 11.5 Å². The van der Waals surface area contributed by atoms with Crippen molar-refractivity contribution in [3.8, 4) is 11.6 Å². The number of carbonyl (C=O) groups excluding carboxylic acids is 1. The van der Waals surface area contributed by atoms with Crippen LogP contribution in [0, 0.1) is 11.9 Å². The fourth-order valence-electron chi connectivity index (χ4n) is 4.33. The molecule has 0 radical (unpaired) electrons. The summed E-state index contributed by atoms with van der Waals surface area (Å²) in [5.74, 6) is 0.210. The largest absolute Gasteiger partial charge is 0.439 e. The van der Waals surface area contributed by atoms with E-state index in [1.807, 2.05) is 12.1 Å². The van der Waals surface area contributed by atoms with Crippen LogP contribution in [-0.4, -0.2) is 33.5 Å². The smallest absolute Gasteiger partial charge is 0.258 e. The zero-order valence-electron chi connectivity index (χ0n) is 21.0. The van der Waals surface area contributed by atoms with Crippen molar-refractivity contribution in [3.05, 3.63) is 105 Å². The Kier molecular flexibility index (Phi) is 8.29. The number of hydrogen-bond acceptors (Lipinski definition) is 7. The van der Waals surface area contributed by atoms with Gasteiger partial charge >= 0.3 is 0 Å². The van der Waals surface area contributed by atoms with Crippen LogP contribution in [-0.2, 0) is 22.5 Å². The van der Waals surface area contributed by atoms with Gasteiger partial charge in [-0.2, -0.15) is 9.37 Å². The van der Waals surface area contributed by atoms with E-state index in [1.54, 1.807) is 42.5 Å². The van der Waals surface area contributed by atoms with Gasteiger partial charge in [-0.25, -0.2) is 4.98 Å². The lowest BCUT2D eigenvalue weighted by Crippen LogP contribution is -2.31. The average molecular weight is 549 g/mol.